The van der Waals surface area contributed by atoms with E-state index in [1.165, 1.54) is 4.57 Å². The lowest BCUT2D eigenvalue weighted by atomic mass is 10.1. The summed E-state index contributed by atoms with van der Waals surface area (Å²) < 4.78 is 6.90. The van der Waals surface area contributed by atoms with E-state index < -0.39 is 0 Å². The smallest absolute Gasteiger partial charge is 0.308 e. The van der Waals surface area contributed by atoms with Crippen LogP contribution in [0, 0.1) is 13.8 Å². The van der Waals surface area contributed by atoms with Gasteiger partial charge in [-0.25, -0.2) is 0 Å². The molecule has 3 aromatic rings. The summed E-state index contributed by atoms with van der Waals surface area (Å²) in [5.41, 5.74) is 5.05. The van der Waals surface area contributed by atoms with Crippen molar-refractivity contribution in [1.29, 1.82) is 0 Å². The molecular formula is C22H24N2O3S. The SMILES string of the molecule is COc1ccc(C)cc1CCNC(=O)Cn1c(-c2ccc(C)cc2)csc1=O. The molecule has 0 aliphatic carbocycles. The highest BCUT2D eigenvalue weighted by atomic mass is 32.1. The highest BCUT2D eigenvalue weighted by molar-refractivity contribution is 7.07. The molecule has 0 aliphatic heterocycles. The Hall–Kier alpha value is -2.86. The third-order valence-corrected chi connectivity index (χ3v) is 5.35. The fraction of sp³-hybridized carbons (Fsp3) is 0.273. The number of rotatable bonds is 7. The zero-order valence-electron chi connectivity index (χ0n) is 16.3. The summed E-state index contributed by atoms with van der Waals surface area (Å²) in [5.74, 6) is 0.635. The first-order valence-electron chi connectivity index (χ1n) is 9.13. The third kappa shape index (κ3) is 4.70. The van der Waals surface area contributed by atoms with Gasteiger partial charge in [0.05, 0.1) is 12.8 Å². The van der Waals surface area contributed by atoms with E-state index in [2.05, 4.69) is 11.4 Å². The largest absolute Gasteiger partial charge is 0.496 e. The van der Waals surface area contributed by atoms with Crippen LogP contribution in [0.25, 0.3) is 11.3 Å². The minimum absolute atomic E-state index is 0.0104. The normalized spacial score (nSPS) is 10.7. The molecule has 146 valence electrons. The molecule has 0 radical (unpaired) electrons. The van der Waals surface area contributed by atoms with Crippen LogP contribution in [-0.2, 0) is 17.8 Å². The molecule has 3 rings (SSSR count). The van der Waals surface area contributed by atoms with Crippen molar-refractivity contribution >= 4 is 17.2 Å². The number of thiazole rings is 1. The van der Waals surface area contributed by atoms with Crippen LogP contribution in [0.15, 0.2) is 52.6 Å². The van der Waals surface area contributed by atoms with Crippen molar-refractivity contribution in [3.63, 3.8) is 0 Å². The first-order chi connectivity index (χ1) is 13.5. The average Bonchev–Trinajstić information content (AvgIpc) is 3.03. The summed E-state index contributed by atoms with van der Waals surface area (Å²) in [6.07, 6.45) is 0.667. The third-order valence-electron chi connectivity index (χ3n) is 4.58. The highest BCUT2D eigenvalue weighted by Gasteiger charge is 2.13. The number of nitrogens with one attached hydrogen (secondary N) is 1. The second kappa shape index (κ2) is 8.89. The molecule has 28 heavy (non-hydrogen) atoms. The molecule has 0 saturated carbocycles. The van der Waals surface area contributed by atoms with Gasteiger partial charge < -0.3 is 10.1 Å². The van der Waals surface area contributed by atoms with Gasteiger partial charge in [-0.05, 0) is 37.5 Å². The fourth-order valence-corrected chi connectivity index (χ4v) is 3.83. The molecule has 0 atom stereocenters. The van der Waals surface area contributed by atoms with Crippen molar-refractivity contribution in [3.05, 3.63) is 74.2 Å². The summed E-state index contributed by atoms with van der Waals surface area (Å²) in [4.78, 5) is 24.5. The van der Waals surface area contributed by atoms with Gasteiger partial charge in [-0.1, -0.05) is 58.9 Å². The lowest BCUT2D eigenvalue weighted by Gasteiger charge is -2.11. The van der Waals surface area contributed by atoms with E-state index in [1.54, 1.807) is 12.5 Å². The molecule has 1 amide bonds. The number of benzene rings is 2. The van der Waals surface area contributed by atoms with Crippen LogP contribution in [0.3, 0.4) is 0 Å². The number of ether oxygens (including phenoxy) is 1. The molecule has 0 bridgehead atoms. The minimum atomic E-state index is -0.180. The lowest BCUT2D eigenvalue weighted by molar-refractivity contribution is -0.121. The zero-order valence-corrected chi connectivity index (χ0v) is 17.1. The van der Waals surface area contributed by atoms with Crippen molar-refractivity contribution in [3.8, 4) is 17.0 Å². The van der Waals surface area contributed by atoms with Crippen molar-refractivity contribution in [2.75, 3.05) is 13.7 Å². The Morgan fingerprint density at radius 3 is 2.54 bits per heavy atom. The Bertz CT molecular complexity index is 1020. The van der Waals surface area contributed by atoms with Crippen molar-refractivity contribution < 1.29 is 9.53 Å². The average molecular weight is 397 g/mol. The molecular weight excluding hydrogens is 372 g/mol. The lowest BCUT2D eigenvalue weighted by Crippen LogP contribution is -2.32. The van der Waals surface area contributed by atoms with Gasteiger partial charge in [-0.3, -0.25) is 14.2 Å². The Morgan fingerprint density at radius 2 is 1.82 bits per heavy atom. The van der Waals surface area contributed by atoms with Crippen molar-refractivity contribution in [2.45, 2.75) is 26.8 Å². The monoisotopic (exact) mass is 396 g/mol. The molecule has 2 aromatic carbocycles. The van der Waals surface area contributed by atoms with Gasteiger partial charge >= 0.3 is 4.87 Å². The van der Waals surface area contributed by atoms with Crippen LogP contribution in [0.4, 0.5) is 0 Å². The number of hydrogen-bond acceptors (Lipinski definition) is 4. The summed E-state index contributed by atoms with van der Waals surface area (Å²) in [6.45, 7) is 4.53. The van der Waals surface area contributed by atoms with Gasteiger partial charge in [-0.15, -0.1) is 0 Å². The van der Waals surface area contributed by atoms with Crippen LogP contribution >= 0.6 is 11.3 Å². The number of nitrogens with zero attached hydrogens (tertiary/aromatic N) is 1. The molecule has 0 unspecified atom stereocenters. The quantitative estimate of drug-likeness (QED) is 0.664. The van der Waals surface area contributed by atoms with Gasteiger partial charge in [0, 0.05) is 11.9 Å². The minimum Gasteiger partial charge on any atom is -0.496 e. The Morgan fingerprint density at radius 1 is 1.11 bits per heavy atom. The van der Waals surface area contributed by atoms with Crippen molar-refractivity contribution in [2.24, 2.45) is 0 Å². The Balaban J connectivity index is 1.65. The van der Waals surface area contributed by atoms with Gasteiger partial charge in [-0.2, -0.15) is 0 Å². The van der Waals surface area contributed by atoms with Crippen LogP contribution in [0.5, 0.6) is 5.75 Å². The molecule has 0 aliphatic rings. The number of aryl methyl sites for hydroxylation is 2. The number of amides is 1. The van der Waals surface area contributed by atoms with Gasteiger partial charge in [0.2, 0.25) is 5.91 Å². The second-order valence-corrected chi connectivity index (χ2v) is 7.57. The molecule has 1 heterocycles. The van der Waals surface area contributed by atoms with Gasteiger partial charge in [0.15, 0.2) is 0 Å². The number of aromatic nitrogens is 1. The molecule has 0 saturated heterocycles. The van der Waals surface area contributed by atoms with E-state index >= 15 is 0 Å². The van der Waals surface area contributed by atoms with E-state index in [0.29, 0.717) is 13.0 Å². The summed E-state index contributed by atoms with van der Waals surface area (Å²) in [7, 11) is 1.64. The number of carbonyl (C=O) groups is 1. The predicted molar refractivity (Wildman–Crippen MR) is 113 cm³/mol. The summed E-state index contributed by atoms with van der Waals surface area (Å²) >= 11 is 1.11. The first-order valence-corrected chi connectivity index (χ1v) is 10.0. The zero-order chi connectivity index (χ0) is 20.1. The van der Waals surface area contributed by atoms with Crippen LogP contribution in [0.1, 0.15) is 16.7 Å². The second-order valence-electron chi connectivity index (χ2n) is 6.75. The molecule has 1 aromatic heterocycles. The van der Waals surface area contributed by atoms with E-state index in [0.717, 1.165) is 45.0 Å². The molecule has 0 fully saturated rings. The maximum atomic E-state index is 12.4. The van der Waals surface area contributed by atoms with Gasteiger partial charge in [0.1, 0.15) is 12.3 Å². The number of carbonyl (C=O) groups excluding carboxylic acids is 1. The maximum Gasteiger partial charge on any atom is 0.308 e. The van der Waals surface area contributed by atoms with E-state index in [1.807, 2.05) is 50.2 Å². The first kappa shape index (κ1) is 19.9. The Kier molecular flexibility index (Phi) is 6.31. The molecule has 1 N–H and O–H groups in total. The fourth-order valence-electron chi connectivity index (χ4n) is 3.07. The molecule has 5 nitrogen and oxygen atoms in total. The summed E-state index contributed by atoms with van der Waals surface area (Å²) in [6, 6.07) is 13.9. The summed E-state index contributed by atoms with van der Waals surface area (Å²) in [5, 5.41) is 4.71. The highest BCUT2D eigenvalue weighted by Crippen LogP contribution is 2.21. The predicted octanol–water partition coefficient (Wildman–Crippen LogP) is 3.56. The van der Waals surface area contributed by atoms with E-state index in [4.69, 9.17) is 4.74 Å². The van der Waals surface area contributed by atoms with Gasteiger partial charge in [0.25, 0.3) is 0 Å². The maximum absolute atomic E-state index is 12.4. The van der Waals surface area contributed by atoms with Crippen LogP contribution in [0.2, 0.25) is 0 Å². The van der Waals surface area contributed by atoms with Crippen LogP contribution in [-0.4, -0.2) is 24.1 Å². The topological polar surface area (TPSA) is 60.3 Å². The molecule has 0 spiro atoms. The molecule has 6 heteroatoms. The standard InChI is InChI=1S/C22H24N2O3S/c1-15-4-7-17(8-5-15)19-14-28-22(26)24(19)13-21(25)23-11-10-18-12-16(2)6-9-20(18)27-3/h4-9,12,14H,10-11,13H2,1-3H3,(H,23,25). The number of hydrogen-bond donors (Lipinski definition) is 1. The van der Waals surface area contributed by atoms with E-state index in [-0.39, 0.29) is 17.3 Å². The van der Waals surface area contributed by atoms with Crippen molar-refractivity contribution in [1.82, 2.24) is 9.88 Å². The van der Waals surface area contributed by atoms with E-state index in [9.17, 15) is 9.59 Å². The van der Waals surface area contributed by atoms with Crippen LogP contribution < -0.4 is 14.9 Å². The number of methoxy groups -OCH3 is 1. The Labute approximate surface area is 168 Å².